The molecule has 0 aromatic heterocycles. The summed E-state index contributed by atoms with van der Waals surface area (Å²) in [6.07, 6.45) is 52.6. The fourth-order valence-electron chi connectivity index (χ4n) is 10.1. The van der Waals surface area contributed by atoms with Crippen molar-refractivity contribution in [3.8, 4) is 0 Å². The van der Waals surface area contributed by atoms with E-state index in [1.54, 1.807) is 0 Å². The zero-order chi connectivity index (χ0) is 50.0. The van der Waals surface area contributed by atoms with Gasteiger partial charge in [-0.1, -0.05) is 240 Å². The first-order chi connectivity index (χ1) is 33.2. The maximum atomic E-state index is 14.0. The minimum absolute atomic E-state index is 0.0375. The van der Waals surface area contributed by atoms with Gasteiger partial charge in [0.25, 0.3) is 0 Å². The average molecular weight is 962 g/mol. The van der Waals surface area contributed by atoms with Gasteiger partial charge in [-0.3, -0.25) is 14.4 Å². The van der Waals surface area contributed by atoms with Gasteiger partial charge in [0.2, 0.25) is 5.91 Å². The molecule has 2 unspecified atom stereocenters. The maximum Gasteiger partial charge on any atom is 0.306 e. The Hall–Kier alpha value is -1.63. The lowest BCUT2D eigenvalue weighted by Gasteiger charge is -2.33. The van der Waals surface area contributed by atoms with Crippen LogP contribution in [-0.2, 0) is 23.9 Å². The number of esters is 2. The Labute approximate surface area is 425 Å². The first-order valence-corrected chi connectivity index (χ1v) is 30.5. The van der Waals surface area contributed by atoms with Crippen LogP contribution in [0.15, 0.2) is 0 Å². The van der Waals surface area contributed by atoms with Crippen molar-refractivity contribution in [2.45, 2.75) is 336 Å². The third-order valence-corrected chi connectivity index (χ3v) is 14.7. The van der Waals surface area contributed by atoms with Gasteiger partial charge in [-0.05, 0) is 84.2 Å². The summed E-state index contributed by atoms with van der Waals surface area (Å²) in [6.45, 7) is 13.4. The minimum atomic E-state index is -0.0547. The number of rotatable bonds is 54. The molecule has 7 nitrogen and oxygen atoms in total. The van der Waals surface area contributed by atoms with Gasteiger partial charge < -0.3 is 19.3 Å². The molecule has 0 aliphatic carbocycles. The lowest BCUT2D eigenvalue weighted by molar-refractivity contribution is -0.150. The van der Waals surface area contributed by atoms with Crippen LogP contribution in [0.2, 0.25) is 0 Å². The SMILES string of the molecule is CCCCCCCCCCC(CCCCCC(=O)OCCCCC(CCCCCCCC)CCCCCCCC)N(CCN(C)C)C(=O)CCCCCCC(=O)OC(CC)CCCCCCCC. The second-order valence-corrected chi connectivity index (χ2v) is 21.6. The molecule has 0 rings (SSSR count). The first kappa shape index (κ1) is 66.4. The molecule has 7 heteroatoms. The third kappa shape index (κ3) is 44.3. The monoisotopic (exact) mass is 961 g/mol. The highest BCUT2D eigenvalue weighted by molar-refractivity contribution is 5.76. The molecule has 0 aliphatic heterocycles. The van der Waals surface area contributed by atoms with Gasteiger partial charge in [-0.2, -0.15) is 0 Å². The number of hydrogen-bond donors (Lipinski definition) is 0. The normalized spacial score (nSPS) is 12.5. The van der Waals surface area contributed by atoms with Gasteiger partial charge in [0.05, 0.1) is 6.61 Å². The smallest absolute Gasteiger partial charge is 0.306 e. The van der Waals surface area contributed by atoms with E-state index in [9.17, 15) is 14.4 Å². The first-order valence-electron chi connectivity index (χ1n) is 30.5. The van der Waals surface area contributed by atoms with E-state index in [4.69, 9.17) is 9.47 Å². The second-order valence-electron chi connectivity index (χ2n) is 21.6. The van der Waals surface area contributed by atoms with Crippen molar-refractivity contribution in [2.24, 2.45) is 5.92 Å². The predicted octanol–water partition coefficient (Wildman–Crippen LogP) is 18.5. The zero-order valence-electron chi connectivity index (χ0n) is 47.1. The Morgan fingerprint density at radius 3 is 1.21 bits per heavy atom. The molecule has 0 bridgehead atoms. The van der Waals surface area contributed by atoms with Crippen LogP contribution in [-0.4, -0.2) is 73.6 Å². The Morgan fingerprint density at radius 1 is 0.382 bits per heavy atom. The molecule has 68 heavy (non-hydrogen) atoms. The molecule has 0 N–H and O–H groups in total. The fraction of sp³-hybridized carbons (Fsp3) is 0.951. The van der Waals surface area contributed by atoms with Gasteiger partial charge in [0, 0.05) is 38.4 Å². The van der Waals surface area contributed by atoms with Crippen LogP contribution in [0, 0.1) is 5.92 Å². The highest BCUT2D eigenvalue weighted by atomic mass is 16.5. The molecular weight excluding hydrogens is 841 g/mol. The quantitative estimate of drug-likeness (QED) is 0.0447. The summed E-state index contributed by atoms with van der Waals surface area (Å²) >= 11 is 0. The molecule has 2 atom stereocenters. The van der Waals surface area contributed by atoms with Crippen molar-refractivity contribution in [3.05, 3.63) is 0 Å². The van der Waals surface area contributed by atoms with E-state index in [1.165, 1.54) is 186 Å². The maximum absolute atomic E-state index is 14.0. The summed E-state index contributed by atoms with van der Waals surface area (Å²) in [6, 6.07) is 0.248. The van der Waals surface area contributed by atoms with Crippen LogP contribution in [0.4, 0.5) is 0 Å². The van der Waals surface area contributed by atoms with Crippen molar-refractivity contribution >= 4 is 17.8 Å². The van der Waals surface area contributed by atoms with Crippen LogP contribution >= 0.6 is 0 Å². The van der Waals surface area contributed by atoms with Crippen LogP contribution < -0.4 is 0 Å². The molecule has 0 aromatic carbocycles. The number of carbonyl (C=O) groups excluding carboxylic acids is 3. The van der Waals surface area contributed by atoms with Gasteiger partial charge >= 0.3 is 11.9 Å². The second kappa shape index (κ2) is 51.7. The van der Waals surface area contributed by atoms with Gasteiger partial charge in [-0.15, -0.1) is 0 Å². The molecule has 0 saturated carbocycles. The standard InChI is InChI=1S/C61H120N2O5/c1-8-13-17-21-25-26-29-36-47-57(63(54-53-62(6)7)59(64)50-39-31-32-40-52-61(66)68-58(12-5)49-38-30-24-20-16-11-4)48-37-33-41-51-60(65)67-55-43-42-46-56(44-34-27-22-18-14-9-2)45-35-28-23-19-15-10-3/h56-58H,8-55H2,1-7H3. The van der Waals surface area contributed by atoms with E-state index >= 15 is 0 Å². The fourth-order valence-corrected chi connectivity index (χ4v) is 10.1. The van der Waals surface area contributed by atoms with Gasteiger partial charge in [-0.25, -0.2) is 0 Å². The number of likely N-dealkylation sites (N-methyl/N-ethyl adjacent to an activating group) is 1. The summed E-state index contributed by atoms with van der Waals surface area (Å²) in [5, 5.41) is 0. The van der Waals surface area contributed by atoms with Gasteiger partial charge in [0.1, 0.15) is 6.10 Å². The molecule has 0 radical (unpaired) electrons. The van der Waals surface area contributed by atoms with Crippen LogP contribution in [0.3, 0.4) is 0 Å². The molecule has 0 heterocycles. The summed E-state index contributed by atoms with van der Waals surface area (Å²) in [4.78, 5) is 43.9. The van der Waals surface area contributed by atoms with Crippen LogP contribution in [0.1, 0.15) is 324 Å². The Morgan fingerprint density at radius 2 is 0.750 bits per heavy atom. The van der Waals surface area contributed by atoms with E-state index < -0.39 is 0 Å². The van der Waals surface area contributed by atoms with E-state index in [0.29, 0.717) is 25.9 Å². The van der Waals surface area contributed by atoms with Crippen LogP contribution in [0.5, 0.6) is 0 Å². The largest absolute Gasteiger partial charge is 0.466 e. The molecule has 0 aliphatic rings. The van der Waals surface area contributed by atoms with E-state index in [2.05, 4.69) is 58.5 Å². The highest BCUT2D eigenvalue weighted by Crippen LogP contribution is 2.25. The lowest BCUT2D eigenvalue weighted by Crippen LogP contribution is -2.44. The summed E-state index contributed by atoms with van der Waals surface area (Å²) in [5.74, 6) is 1.03. The van der Waals surface area contributed by atoms with E-state index in [-0.39, 0.29) is 30.0 Å². The average Bonchev–Trinajstić information content (AvgIpc) is 3.32. The summed E-state index contributed by atoms with van der Waals surface area (Å²) in [7, 11) is 4.20. The number of hydrogen-bond acceptors (Lipinski definition) is 6. The number of nitrogens with zero attached hydrogens (tertiary/aromatic N) is 2. The Balaban J connectivity index is 4.96. The molecular formula is C61H120N2O5. The Kier molecular flexibility index (Phi) is 50.5. The molecule has 404 valence electrons. The van der Waals surface area contributed by atoms with Gasteiger partial charge in [0.15, 0.2) is 0 Å². The number of unbranched alkanes of at least 4 members (excludes halogenated alkanes) is 28. The number of amides is 1. The Bertz CT molecular complexity index is 1070. The van der Waals surface area contributed by atoms with Crippen molar-refractivity contribution in [2.75, 3.05) is 33.8 Å². The van der Waals surface area contributed by atoms with Crippen molar-refractivity contribution in [1.82, 2.24) is 9.80 Å². The van der Waals surface area contributed by atoms with Crippen molar-refractivity contribution in [1.29, 1.82) is 0 Å². The molecule has 0 saturated heterocycles. The van der Waals surface area contributed by atoms with Crippen molar-refractivity contribution in [3.63, 3.8) is 0 Å². The number of ether oxygens (including phenoxy) is 2. The van der Waals surface area contributed by atoms with E-state index in [1.807, 2.05) is 0 Å². The highest BCUT2D eigenvalue weighted by Gasteiger charge is 2.23. The van der Waals surface area contributed by atoms with Crippen LogP contribution in [0.25, 0.3) is 0 Å². The lowest BCUT2D eigenvalue weighted by atomic mass is 9.90. The zero-order valence-corrected chi connectivity index (χ0v) is 47.1. The minimum Gasteiger partial charge on any atom is -0.466 e. The summed E-state index contributed by atoms with van der Waals surface area (Å²) in [5.41, 5.74) is 0. The predicted molar refractivity (Wildman–Crippen MR) is 295 cm³/mol. The number of carbonyl (C=O) groups is 3. The molecule has 0 fully saturated rings. The summed E-state index contributed by atoms with van der Waals surface area (Å²) < 4.78 is 11.6. The van der Waals surface area contributed by atoms with E-state index in [0.717, 1.165) is 102 Å². The van der Waals surface area contributed by atoms with Crippen molar-refractivity contribution < 1.29 is 23.9 Å². The topological polar surface area (TPSA) is 76.2 Å². The molecule has 1 amide bonds. The molecule has 0 spiro atoms. The third-order valence-electron chi connectivity index (χ3n) is 14.7. The molecule has 0 aromatic rings.